The summed E-state index contributed by atoms with van der Waals surface area (Å²) in [6.07, 6.45) is 0. The predicted molar refractivity (Wildman–Crippen MR) is 65.5 cm³/mol. The van der Waals surface area contributed by atoms with E-state index in [0.29, 0.717) is 11.3 Å². The molecule has 88 valence electrons. The average Bonchev–Trinajstić information content (AvgIpc) is 2.39. The van der Waals surface area contributed by atoms with Crippen molar-refractivity contribution in [2.75, 3.05) is 6.61 Å². The molecule has 3 nitrogen and oxygen atoms in total. The fourth-order valence-corrected chi connectivity index (χ4v) is 1.81. The van der Waals surface area contributed by atoms with Gasteiger partial charge in [0.25, 0.3) is 0 Å². The number of nitrogens with zero attached hydrogens (tertiary/aromatic N) is 1. The van der Waals surface area contributed by atoms with Crippen molar-refractivity contribution in [3.05, 3.63) is 65.5 Å². The molecule has 17 heavy (non-hydrogen) atoms. The van der Waals surface area contributed by atoms with E-state index in [4.69, 9.17) is 0 Å². The van der Waals surface area contributed by atoms with Crippen LogP contribution in [0.3, 0.4) is 0 Å². The van der Waals surface area contributed by atoms with E-state index in [0.717, 1.165) is 5.69 Å². The summed E-state index contributed by atoms with van der Waals surface area (Å²) in [6.45, 7) is 1.46. The molecular weight excluding hydrogens is 214 g/mol. The van der Waals surface area contributed by atoms with Crippen LogP contribution in [0.25, 0.3) is 0 Å². The van der Waals surface area contributed by atoms with E-state index >= 15 is 0 Å². The Kier molecular flexibility index (Phi) is 3.22. The van der Waals surface area contributed by atoms with E-state index in [1.54, 1.807) is 18.2 Å². The van der Waals surface area contributed by atoms with Gasteiger partial charge in [-0.05, 0) is 24.6 Å². The highest BCUT2D eigenvalue weighted by Crippen LogP contribution is 2.27. The summed E-state index contributed by atoms with van der Waals surface area (Å²) in [7, 11) is 0. The molecule has 0 radical (unpaired) electrons. The zero-order chi connectivity index (χ0) is 12.3. The number of rotatable bonds is 3. The van der Waals surface area contributed by atoms with Gasteiger partial charge in [-0.25, -0.2) is 0 Å². The van der Waals surface area contributed by atoms with E-state index in [1.807, 2.05) is 37.3 Å². The van der Waals surface area contributed by atoms with Gasteiger partial charge in [-0.3, -0.25) is 4.98 Å². The highest BCUT2D eigenvalue weighted by Gasteiger charge is 2.32. The van der Waals surface area contributed by atoms with Crippen molar-refractivity contribution in [3.63, 3.8) is 0 Å². The Morgan fingerprint density at radius 1 is 1.06 bits per heavy atom. The van der Waals surface area contributed by atoms with Crippen molar-refractivity contribution >= 4 is 0 Å². The van der Waals surface area contributed by atoms with Gasteiger partial charge in [-0.2, -0.15) is 0 Å². The molecule has 0 aliphatic carbocycles. The third kappa shape index (κ3) is 2.20. The highest BCUT2D eigenvalue weighted by atomic mass is 16.3. The normalized spacial score (nSPS) is 14.3. The second-order valence-corrected chi connectivity index (χ2v) is 4.05. The number of pyridine rings is 1. The quantitative estimate of drug-likeness (QED) is 0.841. The summed E-state index contributed by atoms with van der Waals surface area (Å²) >= 11 is 0. The van der Waals surface area contributed by atoms with E-state index in [2.05, 4.69) is 4.98 Å². The van der Waals surface area contributed by atoms with Crippen LogP contribution < -0.4 is 0 Å². The molecule has 0 saturated heterocycles. The fraction of sp³-hybridized carbons (Fsp3) is 0.214. The summed E-state index contributed by atoms with van der Waals surface area (Å²) in [6, 6.07) is 14.5. The average molecular weight is 229 g/mol. The zero-order valence-electron chi connectivity index (χ0n) is 9.67. The van der Waals surface area contributed by atoms with E-state index in [1.165, 1.54) is 0 Å². The summed E-state index contributed by atoms with van der Waals surface area (Å²) in [4.78, 5) is 4.28. The van der Waals surface area contributed by atoms with E-state index in [9.17, 15) is 10.2 Å². The van der Waals surface area contributed by atoms with Crippen molar-refractivity contribution in [3.8, 4) is 0 Å². The molecular formula is C14H15NO2. The molecule has 2 rings (SSSR count). The van der Waals surface area contributed by atoms with Crippen LogP contribution in [-0.4, -0.2) is 21.8 Å². The minimum Gasteiger partial charge on any atom is -0.393 e. The number of aryl methyl sites for hydroxylation is 1. The zero-order valence-corrected chi connectivity index (χ0v) is 9.67. The first-order valence-corrected chi connectivity index (χ1v) is 5.50. The molecule has 0 bridgehead atoms. The monoisotopic (exact) mass is 229 g/mol. The van der Waals surface area contributed by atoms with Crippen LogP contribution in [0.2, 0.25) is 0 Å². The van der Waals surface area contributed by atoms with Crippen LogP contribution in [0.5, 0.6) is 0 Å². The number of aliphatic hydroxyl groups is 2. The van der Waals surface area contributed by atoms with Gasteiger partial charge in [-0.1, -0.05) is 36.4 Å². The van der Waals surface area contributed by atoms with Crippen LogP contribution in [0.1, 0.15) is 17.0 Å². The first kappa shape index (κ1) is 11.8. The van der Waals surface area contributed by atoms with Crippen LogP contribution in [0.4, 0.5) is 0 Å². The van der Waals surface area contributed by atoms with Crippen LogP contribution in [0, 0.1) is 6.92 Å². The molecule has 0 aliphatic heterocycles. The molecule has 0 fully saturated rings. The predicted octanol–water partition coefficient (Wildman–Crippen LogP) is 1.62. The molecule has 0 spiro atoms. The third-order valence-corrected chi connectivity index (χ3v) is 2.79. The van der Waals surface area contributed by atoms with Gasteiger partial charge in [0, 0.05) is 5.69 Å². The van der Waals surface area contributed by atoms with Crippen molar-refractivity contribution in [2.24, 2.45) is 0 Å². The molecule has 1 atom stereocenters. The molecule has 2 aromatic rings. The molecule has 0 aliphatic rings. The molecule has 0 saturated carbocycles. The van der Waals surface area contributed by atoms with Crippen molar-refractivity contribution in [1.82, 2.24) is 4.98 Å². The topological polar surface area (TPSA) is 53.4 Å². The SMILES string of the molecule is Cc1cccc(C(O)(CO)c2ccccc2)n1. The van der Waals surface area contributed by atoms with E-state index < -0.39 is 12.2 Å². The Hall–Kier alpha value is -1.71. The van der Waals surface area contributed by atoms with Gasteiger partial charge in [-0.15, -0.1) is 0 Å². The number of benzene rings is 1. The number of hydrogen-bond acceptors (Lipinski definition) is 3. The molecule has 1 aromatic heterocycles. The van der Waals surface area contributed by atoms with Crippen LogP contribution in [-0.2, 0) is 5.60 Å². The summed E-state index contributed by atoms with van der Waals surface area (Å²) in [5, 5.41) is 20.1. The van der Waals surface area contributed by atoms with Gasteiger partial charge in [0.1, 0.15) is 0 Å². The van der Waals surface area contributed by atoms with Gasteiger partial charge >= 0.3 is 0 Å². The Balaban J connectivity index is 2.52. The lowest BCUT2D eigenvalue weighted by Gasteiger charge is -2.26. The summed E-state index contributed by atoms with van der Waals surface area (Å²) in [5.41, 5.74) is 0.477. The molecule has 2 N–H and O–H groups in total. The van der Waals surface area contributed by atoms with Gasteiger partial charge < -0.3 is 10.2 Å². The Bertz CT molecular complexity index is 499. The maximum absolute atomic E-state index is 10.6. The molecule has 1 unspecified atom stereocenters. The maximum atomic E-state index is 10.6. The third-order valence-electron chi connectivity index (χ3n) is 2.79. The molecule has 0 amide bonds. The maximum Gasteiger partial charge on any atom is 0.154 e. The van der Waals surface area contributed by atoms with E-state index in [-0.39, 0.29) is 0 Å². The number of aliphatic hydroxyl groups excluding tert-OH is 1. The smallest absolute Gasteiger partial charge is 0.154 e. The Labute approximate surface area is 100 Å². The van der Waals surface area contributed by atoms with Crippen LogP contribution >= 0.6 is 0 Å². The lowest BCUT2D eigenvalue weighted by atomic mass is 9.90. The first-order valence-electron chi connectivity index (χ1n) is 5.50. The largest absolute Gasteiger partial charge is 0.393 e. The molecule has 1 aromatic carbocycles. The highest BCUT2D eigenvalue weighted by molar-refractivity contribution is 5.32. The fourth-order valence-electron chi connectivity index (χ4n) is 1.81. The Morgan fingerprint density at radius 2 is 1.76 bits per heavy atom. The van der Waals surface area contributed by atoms with Crippen LogP contribution in [0.15, 0.2) is 48.5 Å². The minimum absolute atomic E-state index is 0.395. The first-order chi connectivity index (χ1) is 8.16. The Morgan fingerprint density at radius 3 is 2.35 bits per heavy atom. The van der Waals surface area contributed by atoms with Gasteiger partial charge in [0.2, 0.25) is 0 Å². The lowest BCUT2D eigenvalue weighted by molar-refractivity contribution is 0.0136. The van der Waals surface area contributed by atoms with Gasteiger partial charge in [0.05, 0.1) is 12.3 Å². The van der Waals surface area contributed by atoms with Crippen molar-refractivity contribution in [2.45, 2.75) is 12.5 Å². The second-order valence-electron chi connectivity index (χ2n) is 4.05. The standard InChI is InChI=1S/C14H15NO2/c1-11-6-5-9-13(15-11)14(17,10-16)12-7-3-2-4-8-12/h2-9,16-17H,10H2,1H3. The summed E-state index contributed by atoms with van der Waals surface area (Å²) < 4.78 is 0. The van der Waals surface area contributed by atoms with Gasteiger partial charge in [0.15, 0.2) is 5.60 Å². The number of aromatic nitrogens is 1. The van der Waals surface area contributed by atoms with Crippen molar-refractivity contribution in [1.29, 1.82) is 0 Å². The molecule has 1 heterocycles. The summed E-state index contributed by atoms with van der Waals surface area (Å²) in [5.74, 6) is 0. The number of hydrogen-bond donors (Lipinski definition) is 2. The van der Waals surface area contributed by atoms with Crippen molar-refractivity contribution < 1.29 is 10.2 Å². The lowest BCUT2D eigenvalue weighted by Crippen LogP contribution is -2.32. The second kappa shape index (κ2) is 4.65. The molecule has 3 heteroatoms. The minimum atomic E-state index is -1.44.